The molecule has 0 aliphatic carbocycles. The third kappa shape index (κ3) is 2.98. The van der Waals surface area contributed by atoms with Crippen LogP contribution in [0.25, 0.3) is 0 Å². The van der Waals surface area contributed by atoms with Gasteiger partial charge >= 0.3 is 0 Å². The minimum atomic E-state index is -0.542. The molecule has 2 rings (SSSR count). The van der Waals surface area contributed by atoms with Crippen LogP contribution in [-0.2, 0) is 9.59 Å². The first-order chi connectivity index (χ1) is 9.55. The smallest absolute Gasteiger partial charge is 0.228 e. The molecule has 0 aromatic heterocycles. The summed E-state index contributed by atoms with van der Waals surface area (Å²) in [5, 5.41) is 5.56. The fourth-order valence-electron chi connectivity index (χ4n) is 2.47. The van der Waals surface area contributed by atoms with Crippen LogP contribution < -0.4 is 10.6 Å². The van der Waals surface area contributed by atoms with Crippen molar-refractivity contribution in [3.63, 3.8) is 0 Å². The van der Waals surface area contributed by atoms with Gasteiger partial charge in [-0.3, -0.25) is 9.59 Å². The summed E-state index contributed by atoms with van der Waals surface area (Å²) in [6.45, 7) is 4.01. The predicted molar refractivity (Wildman–Crippen MR) is 74.9 cm³/mol. The van der Waals surface area contributed by atoms with Gasteiger partial charge in [-0.05, 0) is 30.5 Å². The van der Waals surface area contributed by atoms with Crippen molar-refractivity contribution in [2.75, 3.05) is 5.32 Å². The molecular formula is C15H19FN2O2. The second-order valence-electron chi connectivity index (χ2n) is 5.06. The van der Waals surface area contributed by atoms with Crippen LogP contribution in [0.15, 0.2) is 18.2 Å². The summed E-state index contributed by atoms with van der Waals surface area (Å²) in [5.74, 6) is -1.39. The summed E-state index contributed by atoms with van der Waals surface area (Å²) in [7, 11) is 0. The number of nitrogens with one attached hydrogen (secondary N) is 2. The molecule has 1 aromatic carbocycles. The quantitative estimate of drug-likeness (QED) is 0.889. The largest absolute Gasteiger partial charge is 0.353 e. The summed E-state index contributed by atoms with van der Waals surface area (Å²) in [6.07, 6.45) is 1.79. The second-order valence-corrected chi connectivity index (χ2v) is 5.06. The van der Waals surface area contributed by atoms with E-state index < -0.39 is 11.7 Å². The van der Waals surface area contributed by atoms with Crippen molar-refractivity contribution in [2.24, 2.45) is 0 Å². The van der Waals surface area contributed by atoms with Gasteiger partial charge in [0.25, 0.3) is 0 Å². The molecule has 0 unspecified atom stereocenters. The molecule has 0 radical (unpaired) electrons. The number of anilines is 1. The van der Waals surface area contributed by atoms with E-state index in [9.17, 15) is 14.0 Å². The Morgan fingerprint density at radius 1 is 1.45 bits per heavy atom. The first-order valence-electron chi connectivity index (χ1n) is 6.94. The number of amides is 2. The normalized spacial score (nSPS) is 17.6. The molecular weight excluding hydrogens is 259 g/mol. The zero-order valence-corrected chi connectivity index (χ0v) is 11.7. The van der Waals surface area contributed by atoms with Crippen molar-refractivity contribution < 1.29 is 14.0 Å². The molecule has 0 saturated heterocycles. The van der Waals surface area contributed by atoms with E-state index in [1.54, 1.807) is 6.07 Å². The van der Waals surface area contributed by atoms with Gasteiger partial charge in [-0.15, -0.1) is 0 Å². The fraction of sp³-hybridized carbons (Fsp3) is 0.467. The molecule has 108 valence electrons. The number of hydrogen-bond acceptors (Lipinski definition) is 2. The van der Waals surface area contributed by atoms with Crippen LogP contribution in [0.1, 0.15) is 44.6 Å². The average molecular weight is 278 g/mol. The van der Waals surface area contributed by atoms with Crippen molar-refractivity contribution in [3.8, 4) is 0 Å². The van der Waals surface area contributed by atoms with Gasteiger partial charge in [-0.25, -0.2) is 4.39 Å². The molecule has 0 fully saturated rings. The van der Waals surface area contributed by atoms with Crippen LogP contribution in [0.2, 0.25) is 0 Å². The van der Waals surface area contributed by atoms with Crippen molar-refractivity contribution in [1.82, 2.24) is 5.32 Å². The number of carbonyl (C=O) groups is 2. The Kier molecular flexibility index (Phi) is 4.37. The standard InChI is InChI=1S/C15H19FN2O2/c1-3-10(4-2)17-15(20)12-8-14(19)18-13-7-9(16)5-6-11(12)13/h5-7,10,12H,3-4,8H2,1-2H3,(H,17,20)(H,18,19)/t12-/m0/s1. The Labute approximate surface area is 117 Å². The minimum Gasteiger partial charge on any atom is -0.353 e. The van der Waals surface area contributed by atoms with Gasteiger partial charge < -0.3 is 10.6 Å². The summed E-state index contributed by atoms with van der Waals surface area (Å²) in [4.78, 5) is 24.0. The van der Waals surface area contributed by atoms with Crippen LogP contribution in [0.4, 0.5) is 10.1 Å². The molecule has 1 heterocycles. The zero-order valence-electron chi connectivity index (χ0n) is 11.7. The molecule has 4 nitrogen and oxygen atoms in total. The van der Waals surface area contributed by atoms with E-state index in [-0.39, 0.29) is 24.3 Å². The van der Waals surface area contributed by atoms with E-state index >= 15 is 0 Å². The number of rotatable bonds is 4. The van der Waals surface area contributed by atoms with E-state index in [1.807, 2.05) is 13.8 Å². The van der Waals surface area contributed by atoms with E-state index in [4.69, 9.17) is 0 Å². The summed E-state index contributed by atoms with van der Waals surface area (Å²) in [6, 6.07) is 4.25. The number of fused-ring (bicyclic) bond motifs is 1. The lowest BCUT2D eigenvalue weighted by atomic mass is 9.89. The van der Waals surface area contributed by atoms with Crippen molar-refractivity contribution in [2.45, 2.75) is 45.1 Å². The Bertz CT molecular complexity index is 527. The maximum atomic E-state index is 13.2. The summed E-state index contributed by atoms with van der Waals surface area (Å²) < 4.78 is 13.2. The molecule has 1 aromatic rings. The highest BCUT2D eigenvalue weighted by molar-refractivity contribution is 6.01. The van der Waals surface area contributed by atoms with Crippen LogP contribution in [0, 0.1) is 5.82 Å². The summed E-state index contributed by atoms with van der Waals surface area (Å²) >= 11 is 0. The molecule has 2 amide bonds. The van der Waals surface area contributed by atoms with Crippen LogP contribution in [0.5, 0.6) is 0 Å². The number of halogens is 1. The molecule has 2 N–H and O–H groups in total. The van der Waals surface area contributed by atoms with Gasteiger partial charge in [-0.1, -0.05) is 19.9 Å². The predicted octanol–water partition coefficient (Wildman–Crippen LogP) is 2.56. The average Bonchev–Trinajstić information content (AvgIpc) is 2.43. The Morgan fingerprint density at radius 2 is 2.15 bits per heavy atom. The van der Waals surface area contributed by atoms with Gasteiger partial charge in [0.2, 0.25) is 11.8 Å². The molecule has 0 bridgehead atoms. The lowest BCUT2D eigenvalue weighted by Gasteiger charge is -2.26. The SMILES string of the molecule is CCC(CC)NC(=O)[C@H]1CC(=O)Nc2cc(F)ccc21. The maximum Gasteiger partial charge on any atom is 0.228 e. The number of benzene rings is 1. The Morgan fingerprint density at radius 3 is 2.80 bits per heavy atom. The van der Waals surface area contributed by atoms with Crippen molar-refractivity contribution >= 4 is 17.5 Å². The first-order valence-corrected chi connectivity index (χ1v) is 6.94. The zero-order chi connectivity index (χ0) is 14.7. The van der Waals surface area contributed by atoms with Crippen LogP contribution >= 0.6 is 0 Å². The maximum absolute atomic E-state index is 13.2. The van der Waals surface area contributed by atoms with Crippen LogP contribution in [0.3, 0.4) is 0 Å². The van der Waals surface area contributed by atoms with E-state index in [2.05, 4.69) is 10.6 Å². The van der Waals surface area contributed by atoms with Gasteiger partial charge in [0.1, 0.15) is 5.82 Å². The molecule has 5 heteroatoms. The van der Waals surface area contributed by atoms with Gasteiger partial charge in [0.15, 0.2) is 0 Å². The van der Waals surface area contributed by atoms with Gasteiger partial charge in [-0.2, -0.15) is 0 Å². The molecule has 0 saturated carbocycles. The number of carbonyl (C=O) groups excluding carboxylic acids is 2. The van der Waals surface area contributed by atoms with Crippen molar-refractivity contribution in [1.29, 1.82) is 0 Å². The van der Waals surface area contributed by atoms with Crippen molar-refractivity contribution in [3.05, 3.63) is 29.6 Å². The Hall–Kier alpha value is -1.91. The summed E-state index contributed by atoms with van der Waals surface area (Å²) in [5.41, 5.74) is 1.07. The highest BCUT2D eigenvalue weighted by Crippen LogP contribution is 2.33. The second kappa shape index (κ2) is 6.03. The molecule has 20 heavy (non-hydrogen) atoms. The van der Waals surface area contributed by atoms with Crippen LogP contribution in [-0.4, -0.2) is 17.9 Å². The molecule has 1 aliphatic heterocycles. The van der Waals surface area contributed by atoms with E-state index in [0.717, 1.165) is 12.8 Å². The lowest BCUT2D eigenvalue weighted by molar-refractivity contribution is -0.126. The third-order valence-electron chi connectivity index (χ3n) is 3.70. The molecule has 0 spiro atoms. The number of hydrogen-bond donors (Lipinski definition) is 2. The monoisotopic (exact) mass is 278 g/mol. The van der Waals surface area contributed by atoms with Gasteiger partial charge in [0, 0.05) is 18.2 Å². The fourth-order valence-corrected chi connectivity index (χ4v) is 2.47. The highest BCUT2D eigenvalue weighted by Gasteiger charge is 2.31. The van der Waals surface area contributed by atoms with E-state index in [1.165, 1.54) is 12.1 Å². The van der Waals surface area contributed by atoms with E-state index in [0.29, 0.717) is 11.3 Å². The topological polar surface area (TPSA) is 58.2 Å². The molecule has 1 atom stereocenters. The third-order valence-corrected chi connectivity index (χ3v) is 3.70. The lowest BCUT2D eigenvalue weighted by Crippen LogP contribution is -2.40. The van der Waals surface area contributed by atoms with Gasteiger partial charge in [0.05, 0.1) is 5.92 Å². The Balaban J connectivity index is 2.24. The molecule has 1 aliphatic rings. The first kappa shape index (κ1) is 14.5. The minimum absolute atomic E-state index is 0.102. The highest BCUT2D eigenvalue weighted by atomic mass is 19.1.